The predicted molar refractivity (Wildman–Crippen MR) is 82.1 cm³/mol. The summed E-state index contributed by atoms with van der Waals surface area (Å²) >= 11 is 0. The van der Waals surface area contributed by atoms with Crippen LogP contribution in [0.25, 0.3) is 0 Å². The second-order valence-electron chi connectivity index (χ2n) is 5.49. The molecule has 0 saturated carbocycles. The van der Waals surface area contributed by atoms with E-state index in [2.05, 4.69) is 54.7 Å². The third kappa shape index (κ3) is 2.56. The van der Waals surface area contributed by atoms with Crippen LogP contribution in [0.4, 0.5) is 0 Å². The van der Waals surface area contributed by atoms with Crippen LogP contribution in [0.1, 0.15) is 34.7 Å². The Morgan fingerprint density at radius 3 is 2.90 bits per heavy atom. The average Bonchev–Trinajstić information content (AvgIpc) is 2.88. The van der Waals surface area contributed by atoms with Gasteiger partial charge in [-0.05, 0) is 37.0 Å². The van der Waals surface area contributed by atoms with E-state index in [9.17, 15) is 0 Å². The molecule has 1 atom stereocenters. The molecule has 0 aromatic heterocycles. The Kier molecular flexibility index (Phi) is 3.75. The first-order valence-electron chi connectivity index (χ1n) is 7.22. The maximum absolute atomic E-state index is 5.44. The van der Waals surface area contributed by atoms with E-state index in [1.807, 2.05) is 0 Å². The molecule has 3 rings (SSSR count). The monoisotopic (exact) mass is 267 g/mol. The molecule has 0 bridgehead atoms. The largest absolute Gasteiger partial charge is 0.496 e. The summed E-state index contributed by atoms with van der Waals surface area (Å²) in [6, 6.07) is 15.6. The fraction of sp³-hybridized carbons (Fsp3) is 0.333. The van der Waals surface area contributed by atoms with Gasteiger partial charge in [-0.1, -0.05) is 42.0 Å². The summed E-state index contributed by atoms with van der Waals surface area (Å²) in [5.41, 5.74) is 5.45. The second kappa shape index (κ2) is 5.68. The lowest BCUT2D eigenvalue weighted by Crippen LogP contribution is -2.19. The Balaban J connectivity index is 1.73. The van der Waals surface area contributed by atoms with Crippen molar-refractivity contribution in [2.24, 2.45) is 0 Å². The van der Waals surface area contributed by atoms with Crippen molar-refractivity contribution in [3.8, 4) is 5.75 Å². The van der Waals surface area contributed by atoms with Crippen LogP contribution in [-0.2, 0) is 13.0 Å². The summed E-state index contributed by atoms with van der Waals surface area (Å²) in [4.78, 5) is 0. The lowest BCUT2D eigenvalue weighted by Gasteiger charge is -2.16. The minimum absolute atomic E-state index is 0.469. The van der Waals surface area contributed by atoms with E-state index in [-0.39, 0.29) is 0 Å². The molecule has 0 spiro atoms. The fourth-order valence-electron chi connectivity index (χ4n) is 3.05. The van der Waals surface area contributed by atoms with Crippen LogP contribution in [0.3, 0.4) is 0 Å². The number of hydrogen-bond acceptors (Lipinski definition) is 2. The maximum Gasteiger partial charge on any atom is 0.123 e. The van der Waals surface area contributed by atoms with Crippen LogP contribution >= 0.6 is 0 Å². The zero-order chi connectivity index (χ0) is 13.9. The van der Waals surface area contributed by atoms with Crippen LogP contribution in [0.5, 0.6) is 5.75 Å². The molecule has 1 unspecified atom stereocenters. The van der Waals surface area contributed by atoms with Crippen molar-refractivity contribution < 1.29 is 4.74 Å². The zero-order valence-corrected chi connectivity index (χ0v) is 12.1. The Hall–Kier alpha value is -1.80. The minimum atomic E-state index is 0.469. The first kappa shape index (κ1) is 13.2. The van der Waals surface area contributed by atoms with Crippen molar-refractivity contribution in [2.75, 3.05) is 7.11 Å². The van der Waals surface area contributed by atoms with Gasteiger partial charge in [0.2, 0.25) is 0 Å². The Morgan fingerprint density at radius 2 is 2.05 bits per heavy atom. The molecular weight excluding hydrogens is 246 g/mol. The highest BCUT2D eigenvalue weighted by Gasteiger charge is 2.21. The minimum Gasteiger partial charge on any atom is -0.496 e. The van der Waals surface area contributed by atoms with Crippen molar-refractivity contribution in [1.82, 2.24) is 5.32 Å². The predicted octanol–water partition coefficient (Wildman–Crippen LogP) is 3.78. The molecule has 0 fully saturated rings. The Bertz CT molecular complexity index is 606. The molecule has 104 valence electrons. The van der Waals surface area contributed by atoms with Gasteiger partial charge < -0.3 is 10.1 Å². The number of rotatable bonds is 4. The van der Waals surface area contributed by atoms with Crippen LogP contribution in [-0.4, -0.2) is 7.11 Å². The number of benzene rings is 2. The number of nitrogens with one attached hydrogen (secondary N) is 1. The van der Waals surface area contributed by atoms with Crippen LogP contribution in [0.15, 0.2) is 42.5 Å². The van der Waals surface area contributed by atoms with E-state index >= 15 is 0 Å². The highest BCUT2D eigenvalue weighted by Crippen LogP contribution is 2.31. The molecule has 0 saturated heterocycles. The van der Waals surface area contributed by atoms with Gasteiger partial charge in [-0.15, -0.1) is 0 Å². The van der Waals surface area contributed by atoms with Crippen LogP contribution in [0.2, 0.25) is 0 Å². The van der Waals surface area contributed by atoms with E-state index in [1.54, 1.807) is 7.11 Å². The average molecular weight is 267 g/mol. The van der Waals surface area contributed by atoms with E-state index in [0.29, 0.717) is 6.04 Å². The number of fused-ring (bicyclic) bond motifs is 1. The van der Waals surface area contributed by atoms with Gasteiger partial charge in [0.15, 0.2) is 0 Å². The molecule has 0 heterocycles. The molecule has 2 heteroatoms. The van der Waals surface area contributed by atoms with Gasteiger partial charge in [0.05, 0.1) is 7.11 Å². The van der Waals surface area contributed by atoms with Gasteiger partial charge in [-0.3, -0.25) is 0 Å². The Labute approximate surface area is 120 Å². The topological polar surface area (TPSA) is 21.3 Å². The van der Waals surface area contributed by atoms with Crippen molar-refractivity contribution in [3.05, 3.63) is 64.7 Å². The van der Waals surface area contributed by atoms with Gasteiger partial charge in [-0.2, -0.15) is 0 Å². The van der Waals surface area contributed by atoms with Gasteiger partial charge in [-0.25, -0.2) is 0 Å². The van der Waals surface area contributed by atoms with E-state index in [4.69, 9.17) is 4.74 Å². The fourth-order valence-corrected chi connectivity index (χ4v) is 3.05. The maximum atomic E-state index is 5.44. The summed E-state index contributed by atoms with van der Waals surface area (Å²) in [6.07, 6.45) is 2.37. The number of ether oxygens (including phenoxy) is 1. The van der Waals surface area contributed by atoms with Crippen LogP contribution in [0, 0.1) is 6.92 Å². The second-order valence-corrected chi connectivity index (χ2v) is 5.49. The van der Waals surface area contributed by atoms with Crippen molar-refractivity contribution in [2.45, 2.75) is 32.4 Å². The molecule has 1 aliphatic carbocycles. The third-order valence-electron chi connectivity index (χ3n) is 4.11. The van der Waals surface area contributed by atoms with Crippen molar-refractivity contribution in [1.29, 1.82) is 0 Å². The van der Waals surface area contributed by atoms with E-state index < -0.39 is 0 Å². The molecule has 1 N–H and O–H groups in total. The quantitative estimate of drug-likeness (QED) is 0.910. The molecule has 0 amide bonds. The molecule has 1 aliphatic rings. The highest BCUT2D eigenvalue weighted by atomic mass is 16.5. The molecule has 0 aliphatic heterocycles. The molecule has 0 radical (unpaired) electrons. The lowest BCUT2D eigenvalue weighted by atomic mass is 10.1. The number of methoxy groups -OCH3 is 1. The van der Waals surface area contributed by atoms with E-state index in [0.717, 1.165) is 12.3 Å². The Morgan fingerprint density at radius 1 is 1.20 bits per heavy atom. The van der Waals surface area contributed by atoms with Crippen LogP contribution < -0.4 is 10.1 Å². The SMILES string of the molecule is COc1ccc(C)cc1CNC1CCc2ccccc21. The first-order valence-corrected chi connectivity index (χ1v) is 7.22. The molecule has 20 heavy (non-hydrogen) atoms. The molecule has 2 aromatic rings. The van der Waals surface area contributed by atoms with Crippen molar-refractivity contribution >= 4 is 0 Å². The third-order valence-corrected chi connectivity index (χ3v) is 4.11. The summed E-state index contributed by atoms with van der Waals surface area (Å²) < 4.78 is 5.44. The standard InChI is InChI=1S/C18H21NO/c1-13-7-10-18(20-2)15(11-13)12-19-17-9-8-14-5-3-4-6-16(14)17/h3-7,10-11,17,19H,8-9,12H2,1-2H3. The van der Waals surface area contributed by atoms with E-state index in [1.165, 1.54) is 35.1 Å². The molecular formula is C18H21NO. The van der Waals surface area contributed by atoms with Gasteiger partial charge in [0, 0.05) is 18.2 Å². The van der Waals surface area contributed by atoms with Gasteiger partial charge in [0.1, 0.15) is 5.75 Å². The summed E-state index contributed by atoms with van der Waals surface area (Å²) in [5.74, 6) is 0.967. The summed E-state index contributed by atoms with van der Waals surface area (Å²) in [6.45, 7) is 2.97. The summed E-state index contributed by atoms with van der Waals surface area (Å²) in [5, 5.41) is 3.68. The molecule has 2 nitrogen and oxygen atoms in total. The van der Waals surface area contributed by atoms with Crippen molar-refractivity contribution in [3.63, 3.8) is 0 Å². The highest BCUT2D eigenvalue weighted by molar-refractivity contribution is 5.38. The zero-order valence-electron chi connectivity index (χ0n) is 12.1. The normalized spacial score (nSPS) is 17.0. The number of aryl methyl sites for hydroxylation is 2. The molecule has 2 aromatic carbocycles. The number of hydrogen-bond donors (Lipinski definition) is 1. The smallest absolute Gasteiger partial charge is 0.123 e. The first-order chi connectivity index (χ1) is 9.78. The summed E-state index contributed by atoms with van der Waals surface area (Å²) in [7, 11) is 1.74. The van der Waals surface area contributed by atoms with Gasteiger partial charge >= 0.3 is 0 Å². The lowest BCUT2D eigenvalue weighted by molar-refractivity contribution is 0.405. The van der Waals surface area contributed by atoms with Gasteiger partial charge in [0.25, 0.3) is 0 Å².